The summed E-state index contributed by atoms with van der Waals surface area (Å²) in [5, 5.41) is 9.72. The molecular weight excluding hydrogens is 330 g/mol. The summed E-state index contributed by atoms with van der Waals surface area (Å²) in [6, 6.07) is 1.64. The van der Waals surface area contributed by atoms with Crippen molar-refractivity contribution in [1.82, 2.24) is 4.98 Å². The van der Waals surface area contributed by atoms with Gasteiger partial charge in [-0.3, -0.25) is 4.79 Å². The molecule has 1 atom stereocenters. The van der Waals surface area contributed by atoms with Crippen LogP contribution in [0.25, 0.3) is 0 Å². The predicted molar refractivity (Wildman–Crippen MR) is 64.9 cm³/mol. The first kappa shape index (κ1) is 11.1. The lowest BCUT2D eigenvalue weighted by molar-refractivity contribution is -0.117. The second-order valence-corrected chi connectivity index (χ2v) is 4.87. The average molecular weight is 339 g/mol. The number of pyridine rings is 1. The van der Waals surface area contributed by atoms with Gasteiger partial charge in [0.25, 0.3) is 0 Å². The van der Waals surface area contributed by atoms with Gasteiger partial charge in [-0.1, -0.05) is 11.6 Å². The van der Waals surface area contributed by atoms with E-state index in [-0.39, 0.29) is 12.3 Å². The van der Waals surface area contributed by atoms with E-state index in [4.69, 9.17) is 11.6 Å². The van der Waals surface area contributed by atoms with Crippen LogP contribution in [0.2, 0.25) is 5.15 Å². The number of amides is 1. The van der Waals surface area contributed by atoms with E-state index in [0.717, 1.165) is 9.26 Å². The lowest BCUT2D eigenvalue weighted by atomic mass is 10.3. The van der Waals surface area contributed by atoms with Crippen LogP contribution in [0.5, 0.6) is 0 Å². The Morgan fingerprint density at radius 2 is 2.40 bits per heavy atom. The Labute approximate surface area is 105 Å². The maximum atomic E-state index is 11.5. The van der Waals surface area contributed by atoms with Crippen molar-refractivity contribution in [1.29, 1.82) is 0 Å². The summed E-state index contributed by atoms with van der Waals surface area (Å²) in [6.45, 7) is 0.329. The van der Waals surface area contributed by atoms with Crippen molar-refractivity contribution in [3.63, 3.8) is 0 Å². The average Bonchev–Trinajstić information content (AvgIpc) is 2.50. The van der Waals surface area contributed by atoms with Crippen molar-refractivity contribution in [3.8, 4) is 0 Å². The standard InChI is InChI=1S/C9H8ClIN2O2/c10-8-2-7(6(11)3-12-8)13-4-5(14)1-9(13)15/h2-3,5,14H,1,4H2. The molecule has 1 aliphatic heterocycles. The van der Waals surface area contributed by atoms with Gasteiger partial charge < -0.3 is 10.0 Å². The summed E-state index contributed by atoms with van der Waals surface area (Å²) < 4.78 is 0.847. The molecule has 1 saturated heterocycles. The summed E-state index contributed by atoms with van der Waals surface area (Å²) in [5.74, 6) is -0.0808. The number of carbonyl (C=O) groups is 1. The number of halogens is 2. The molecular formula is C9H8ClIN2O2. The Morgan fingerprint density at radius 1 is 1.67 bits per heavy atom. The number of nitrogens with zero attached hydrogens (tertiary/aromatic N) is 2. The van der Waals surface area contributed by atoms with E-state index in [0.29, 0.717) is 11.7 Å². The van der Waals surface area contributed by atoms with Gasteiger partial charge >= 0.3 is 0 Å². The Morgan fingerprint density at radius 3 is 3.00 bits per heavy atom. The van der Waals surface area contributed by atoms with Gasteiger partial charge in [0.2, 0.25) is 5.91 Å². The minimum Gasteiger partial charge on any atom is -0.391 e. The monoisotopic (exact) mass is 338 g/mol. The molecule has 0 spiro atoms. The third-order valence-electron chi connectivity index (χ3n) is 2.20. The van der Waals surface area contributed by atoms with Crippen molar-refractivity contribution in [2.45, 2.75) is 12.5 Å². The Bertz CT molecular complexity index is 413. The van der Waals surface area contributed by atoms with Crippen LogP contribution in [0.3, 0.4) is 0 Å². The van der Waals surface area contributed by atoms with E-state index in [9.17, 15) is 9.90 Å². The number of rotatable bonds is 1. The molecule has 2 heterocycles. The highest BCUT2D eigenvalue weighted by Crippen LogP contribution is 2.28. The number of aliphatic hydroxyl groups is 1. The maximum absolute atomic E-state index is 11.5. The zero-order valence-electron chi connectivity index (χ0n) is 7.65. The summed E-state index contributed by atoms with van der Waals surface area (Å²) in [7, 11) is 0. The molecule has 1 fully saturated rings. The molecule has 1 amide bonds. The predicted octanol–water partition coefficient (Wildman–Crippen LogP) is 1.44. The van der Waals surface area contributed by atoms with Crippen molar-refractivity contribution in [2.24, 2.45) is 0 Å². The van der Waals surface area contributed by atoms with E-state index in [1.54, 1.807) is 17.2 Å². The Hall–Kier alpha value is -0.400. The minimum absolute atomic E-state index is 0.0808. The quantitative estimate of drug-likeness (QED) is 0.623. The smallest absolute Gasteiger partial charge is 0.229 e. The SMILES string of the molecule is O=C1CC(O)CN1c1cc(Cl)ncc1I. The third-order valence-corrected chi connectivity index (χ3v) is 3.24. The van der Waals surface area contributed by atoms with E-state index < -0.39 is 6.10 Å². The molecule has 1 aromatic heterocycles. The van der Waals surface area contributed by atoms with Crippen LogP contribution >= 0.6 is 34.2 Å². The molecule has 2 rings (SSSR count). The van der Waals surface area contributed by atoms with Crippen molar-refractivity contribution in [2.75, 3.05) is 11.4 Å². The first-order chi connectivity index (χ1) is 7.08. The minimum atomic E-state index is -0.583. The van der Waals surface area contributed by atoms with Gasteiger partial charge in [-0.15, -0.1) is 0 Å². The largest absolute Gasteiger partial charge is 0.391 e. The molecule has 1 aliphatic rings. The maximum Gasteiger partial charge on any atom is 0.229 e. The van der Waals surface area contributed by atoms with Crippen LogP contribution in [-0.4, -0.2) is 28.6 Å². The molecule has 6 heteroatoms. The molecule has 1 N–H and O–H groups in total. The zero-order chi connectivity index (χ0) is 11.0. The fraction of sp³-hybridized carbons (Fsp3) is 0.333. The van der Waals surface area contributed by atoms with Crippen molar-refractivity contribution in [3.05, 3.63) is 21.0 Å². The number of aromatic nitrogens is 1. The third kappa shape index (κ3) is 2.24. The van der Waals surface area contributed by atoms with Crippen LogP contribution in [0.4, 0.5) is 5.69 Å². The molecule has 1 aromatic rings. The molecule has 0 aliphatic carbocycles. The van der Waals surface area contributed by atoms with Gasteiger partial charge in [0.05, 0.1) is 28.3 Å². The molecule has 15 heavy (non-hydrogen) atoms. The molecule has 0 radical (unpaired) electrons. The highest BCUT2D eigenvalue weighted by molar-refractivity contribution is 14.1. The first-order valence-corrected chi connectivity index (χ1v) is 5.83. The Balaban J connectivity index is 2.37. The number of carbonyl (C=O) groups excluding carboxylic acids is 1. The van der Waals surface area contributed by atoms with Crippen LogP contribution in [0.1, 0.15) is 6.42 Å². The summed E-state index contributed by atoms with van der Waals surface area (Å²) in [4.78, 5) is 17.0. The fourth-order valence-corrected chi connectivity index (χ4v) is 2.27. The molecule has 0 bridgehead atoms. The molecule has 0 saturated carbocycles. The summed E-state index contributed by atoms with van der Waals surface area (Å²) >= 11 is 7.85. The Kier molecular flexibility index (Phi) is 3.13. The van der Waals surface area contributed by atoms with Gasteiger partial charge in [-0.25, -0.2) is 4.98 Å². The first-order valence-electron chi connectivity index (χ1n) is 4.37. The van der Waals surface area contributed by atoms with Crippen molar-refractivity contribution >= 4 is 45.8 Å². The lowest BCUT2D eigenvalue weighted by Gasteiger charge is -2.17. The number of aliphatic hydroxyl groups excluding tert-OH is 1. The topological polar surface area (TPSA) is 53.4 Å². The van der Waals surface area contributed by atoms with E-state index in [1.807, 2.05) is 0 Å². The van der Waals surface area contributed by atoms with Gasteiger partial charge in [-0.2, -0.15) is 0 Å². The number of hydrogen-bond acceptors (Lipinski definition) is 3. The number of hydrogen-bond donors (Lipinski definition) is 1. The lowest BCUT2D eigenvalue weighted by Crippen LogP contribution is -2.26. The van der Waals surface area contributed by atoms with Crippen LogP contribution < -0.4 is 4.90 Å². The summed E-state index contributed by atoms with van der Waals surface area (Å²) in [5.41, 5.74) is 0.720. The second kappa shape index (κ2) is 4.23. The fourth-order valence-electron chi connectivity index (χ4n) is 1.53. The highest BCUT2D eigenvalue weighted by atomic mass is 127. The normalized spacial score (nSPS) is 21.1. The van der Waals surface area contributed by atoms with Crippen LogP contribution in [0.15, 0.2) is 12.3 Å². The second-order valence-electron chi connectivity index (χ2n) is 3.32. The zero-order valence-corrected chi connectivity index (χ0v) is 10.6. The van der Waals surface area contributed by atoms with Crippen molar-refractivity contribution < 1.29 is 9.90 Å². The van der Waals surface area contributed by atoms with Gasteiger partial charge in [0.1, 0.15) is 5.15 Å². The molecule has 4 nitrogen and oxygen atoms in total. The van der Waals surface area contributed by atoms with Gasteiger partial charge in [0.15, 0.2) is 0 Å². The highest BCUT2D eigenvalue weighted by Gasteiger charge is 2.30. The summed E-state index contributed by atoms with van der Waals surface area (Å²) in [6.07, 6.45) is 1.20. The molecule has 80 valence electrons. The number of anilines is 1. The van der Waals surface area contributed by atoms with E-state index >= 15 is 0 Å². The molecule has 1 unspecified atom stereocenters. The van der Waals surface area contributed by atoms with Crippen LogP contribution in [-0.2, 0) is 4.79 Å². The van der Waals surface area contributed by atoms with E-state index in [1.165, 1.54) is 0 Å². The van der Waals surface area contributed by atoms with Gasteiger partial charge in [-0.05, 0) is 22.6 Å². The van der Waals surface area contributed by atoms with Gasteiger partial charge in [0, 0.05) is 12.3 Å². The number of β-amino-alcohol motifs (C(OH)–C–C–N with tert-alkyl or cyclic N) is 1. The van der Waals surface area contributed by atoms with E-state index in [2.05, 4.69) is 27.6 Å². The van der Waals surface area contributed by atoms with Crippen LogP contribution in [0, 0.1) is 3.57 Å². The molecule has 0 aromatic carbocycles.